The molecule has 0 aliphatic heterocycles. The minimum Gasteiger partial charge on any atom is -0.409 e. The van der Waals surface area contributed by atoms with Crippen molar-refractivity contribution < 1.29 is 55.6 Å². The fourth-order valence-corrected chi connectivity index (χ4v) is 2.41. The highest BCUT2D eigenvalue weighted by atomic mass is 19.4. The second-order valence-corrected chi connectivity index (χ2v) is 5.95. The van der Waals surface area contributed by atoms with Crippen LogP contribution >= 0.6 is 0 Å². The molecule has 0 heterocycles. The maximum Gasteiger partial charge on any atom is 0.426 e. The lowest BCUT2D eigenvalue weighted by Gasteiger charge is -2.29. The summed E-state index contributed by atoms with van der Waals surface area (Å²) in [6, 6.07) is 2.92. The highest BCUT2D eigenvalue weighted by Gasteiger charge is 2.42. The lowest BCUT2D eigenvalue weighted by molar-refractivity contribution is -0.305. The highest BCUT2D eigenvalue weighted by molar-refractivity contribution is 5.90. The van der Waals surface area contributed by atoms with E-state index < -0.39 is 58.5 Å². The zero-order valence-electron chi connectivity index (χ0n) is 14.7. The van der Waals surface area contributed by atoms with Crippen LogP contribution in [0.15, 0.2) is 36.4 Å². The Morgan fingerprint density at radius 3 is 1.90 bits per heavy atom. The number of alkyl halides is 6. The Labute approximate surface area is 163 Å². The molecule has 13 heteroatoms. The minimum absolute atomic E-state index is 0.282. The van der Waals surface area contributed by atoms with Crippen LogP contribution in [0.2, 0.25) is 0 Å². The quantitative estimate of drug-likeness (QED) is 0.497. The Balaban J connectivity index is 2.56. The zero-order chi connectivity index (χ0) is 23.1. The van der Waals surface area contributed by atoms with Crippen LogP contribution in [0.1, 0.15) is 16.7 Å². The average Bonchev–Trinajstić information content (AvgIpc) is 2.55. The van der Waals surface area contributed by atoms with Gasteiger partial charge in [-0.2, -0.15) is 31.2 Å². The normalized spacial score (nSPS) is 12.6. The molecular weight excluding hydrogens is 431 g/mol. The predicted molar refractivity (Wildman–Crippen MR) is 85.5 cm³/mol. The lowest BCUT2D eigenvalue weighted by atomic mass is 10.0. The van der Waals surface area contributed by atoms with Gasteiger partial charge in [0.1, 0.15) is 11.6 Å². The van der Waals surface area contributed by atoms with Gasteiger partial charge in [-0.1, -0.05) is 0 Å². The Bertz CT molecular complexity index is 934. The van der Waals surface area contributed by atoms with Gasteiger partial charge >= 0.3 is 24.5 Å². The van der Waals surface area contributed by atoms with Crippen LogP contribution in [0.5, 0.6) is 5.75 Å². The molecule has 0 spiro atoms. The first-order valence-corrected chi connectivity index (χ1v) is 7.75. The standard InChI is InChI=1S/C17H12F7NO5/c1-8-6-9(15(19,20)21)7-12(16(22,23)24)13(8)30-14(26)25(17(27,28)29)11-4-2-10(18)3-5-11/h2-7,27-29H,1H3. The molecule has 0 saturated carbocycles. The summed E-state index contributed by atoms with van der Waals surface area (Å²) in [6.45, 7) is 0.791. The van der Waals surface area contributed by atoms with Crippen molar-refractivity contribution >= 4 is 11.8 Å². The molecule has 2 aromatic carbocycles. The maximum atomic E-state index is 13.3. The molecule has 2 rings (SSSR count). The zero-order valence-corrected chi connectivity index (χ0v) is 14.7. The number of halogens is 7. The van der Waals surface area contributed by atoms with Crippen molar-refractivity contribution in [2.75, 3.05) is 4.90 Å². The topological polar surface area (TPSA) is 90.2 Å². The molecule has 1 amide bonds. The van der Waals surface area contributed by atoms with Crippen molar-refractivity contribution in [3.63, 3.8) is 0 Å². The van der Waals surface area contributed by atoms with Gasteiger partial charge in [-0.15, -0.1) is 0 Å². The first kappa shape index (κ1) is 23.4. The molecule has 2 aromatic rings. The van der Waals surface area contributed by atoms with Crippen LogP contribution in [0.3, 0.4) is 0 Å². The van der Waals surface area contributed by atoms with E-state index in [0.29, 0.717) is 12.1 Å². The third-order valence-corrected chi connectivity index (χ3v) is 3.66. The van der Waals surface area contributed by atoms with Gasteiger partial charge in [0, 0.05) is 0 Å². The molecule has 3 N–H and O–H groups in total. The van der Waals surface area contributed by atoms with Crippen molar-refractivity contribution in [2.45, 2.75) is 25.4 Å². The summed E-state index contributed by atoms with van der Waals surface area (Å²) in [6.07, 6.45) is -16.5. The number of carbonyl (C=O) groups excluding carboxylic acids is 1. The van der Waals surface area contributed by atoms with E-state index in [1.165, 1.54) is 0 Å². The number of carbonyl (C=O) groups is 1. The van der Waals surface area contributed by atoms with Crippen LogP contribution in [0.25, 0.3) is 0 Å². The molecule has 0 saturated heterocycles. The van der Waals surface area contributed by atoms with E-state index >= 15 is 0 Å². The molecule has 164 valence electrons. The van der Waals surface area contributed by atoms with Crippen molar-refractivity contribution in [2.24, 2.45) is 0 Å². The van der Waals surface area contributed by atoms with Crippen LogP contribution in [0, 0.1) is 12.7 Å². The summed E-state index contributed by atoms with van der Waals surface area (Å²) < 4.78 is 95.9. The van der Waals surface area contributed by atoms with E-state index in [1.807, 2.05) is 0 Å². The number of aryl methyl sites for hydroxylation is 1. The van der Waals surface area contributed by atoms with E-state index in [1.54, 1.807) is 0 Å². The van der Waals surface area contributed by atoms with Crippen molar-refractivity contribution in [3.05, 3.63) is 58.9 Å². The molecule has 30 heavy (non-hydrogen) atoms. The molecule has 0 aliphatic carbocycles. The molecule has 0 bridgehead atoms. The van der Waals surface area contributed by atoms with Crippen LogP contribution in [-0.4, -0.2) is 27.5 Å². The molecule has 0 atom stereocenters. The molecular formula is C17H12F7NO5. The Morgan fingerprint density at radius 1 is 0.933 bits per heavy atom. The van der Waals surface area contributed by atoms with Gasteiger partial charge < -0.3 is 20.1 Å². The number of rotatable bonds is 3. The lowest BCUT2D eigenvalue weighted by Crippen LogP contribution is -2.53. The van der Waals surface area contributed by atoms with Gasteiger partial charge in [0.25, 0.3) is 0 Å². The van der Waals surface area contributed by atoms with Gasteiger partial charge in [0.15, 0.2) is 0 Å². The fourth-order valence-electron chi connectivity index (χ4n) is 2.41. The Kier molecular flexibility index (Phi) is 6.03. The molecule has 0 aliphatic rings. The van der Waals surface area contributed by atoms with Gasteiger partial charge in [0.05, 0.1) is 16.8 Å². The van der Waals surface area contributed by atoms with Gasteiger partial charge in [-0.25, -0.2) is 9.18 Å². The Morgan fingerprint density at radius 2 is 1.47 bits per heavy atom. The molecule has 0 fully saturated rings. The number of aliphatic hydroxyl groups is 3. The summed E-state index contributed by atoms with van der Waals surface area (Å²) in [5, 5.41) is 28.1. The number of hydrogen-bond acceptors (Lipinski definition) is 5. The SMILES string of the molecule is Cc1cc(C(F)(F)F)cc(C(F)(F)F)c1OC(=O)N(c1ccc(F)cc1)C(O)(O)O. The van der Waals surface area contributed by atoms with Crippen molar-refractivity contribution in [3.8, 4) is 5.75 Å². The first-order chi connectivity index (χ1) is 13.5. The smallest absolute Gasteiger partial charge is 0.409 e. The van der Waals surface area contributed by atoms with Crippen molar-refractivity contribution in [1.29, 1.82) is 0 Å². The molecule has 0 aromatic heterocycles. The first-order valence-electron chi connectivity index (χ1n) is 7.75. The van der Waals surface area contributed by atoms with Gasteiger partial charge in [0.2, 0.25) is 0 Å². The van der Waals surface area contributed by atoms with Crippen LogP contribution in [0.4, 0.5) is 41.2 Å². The van der Waals surface area contributed by atoms with Gasteiger partial charge in [-0.05, 0) is 48.9 Å². The van der Waals surface area contributed by atoms with Crippen molar-refractivity contribution in [1.82, 2.24) is 0 Å². The number of ether oxygens (including phenoxy) is 1. The molecule has 0 unspecified atom stereocenters. The summed E-state index contributed by atoms with van der Waals surface area (Å²) in [4.78, 5) is 11.9. The number of amides is 1. The number of benzene rings is 2. The average molecular weight is 443 g/mol. The second kappa shape index (κ2) is 7.74. The predicted octanol–water partition coefficient (Wildman–Crippen LogP) is 3.77. The molecule has 0 radical (unpaired) electrons. The highest BCUT2D eigenvalue weighted by Crippen LogP contribution is 2.42. The van der Waals surface area contributed by atoms with Gasteiger partial charge in [-0.3, -0.25) is 0 Å². The largest absolute Gasteiger partial charge is 0.426 e. The maximum absolute atomic E-state index is 13.3. The number of nitrogens with zero attached hydrogens (tertiary/aromatic N) is 1. The van der Waals surface area contributed by atoms with E-state index in [0.717, 1.165) is 19.1 Å². The third-order valence-electron chi connectivity index (χ3n) is 3.66. The second-order valence-electron chi connectivity index (χ2n) is 5.95. The summed E-state index contributed by atoms with van der Waals surface area (Å²) in [5.74, 6) is -2.21. The van der Waals surface area contributed by atoms with E-state index in [2.05, 4.69) is 4.74 Å². The van der Waals surface area contributed by atoms with E-state index in [-0.39, 0.29) is 17.0 Å². The number of hydrogen-bond donors (Lipinski definition) is 3. The van der Waals surface area contributed by atoms with E-state index in [9.17, 15) is 50.8 Å². The fraction of sp³-hybridized carbons (Fsp3) is 0.235. The summed E-state index contributed by atoms with van der Waals surface area (Å²) in [5.41, 5.74) is -5.01. The van der Waals surface area contributed by atoms with E-state index in [4.69, 9.17) is 0 Å². The number of anilines is 1. The Hall–Kier alpha value is -2.90. The minimum atomic E-state index is -5.39. The monoisotopic (exact) mass is 443 g/mol. The molecule has 6 nitrogen and oxygen atoms in total. The summed E-state index contributed by atoms with van der Waals surface area (Å²) in [7, 11) is 0. The van der Waals surface area contributed by atoms with Crippen LogP contribution < -0.4 is 9.64 Å². The summed E-state index contributed by atoms with van der Waals surface area (Å²) >= 11 is 0. The third kappa shape index (κ3) is 5.17. The van der Waals surface area contributed by atoms with Crippen LogP contribution in [-0.2, 0) is 12.4 Å².